The molecule has 3 heterocycles. The molecule has 0 radical (unpaired) electrons. The van der Waals surface area contributed by atoms with Gasteiger partial charge >= 0.3 is 5.97 Å². The number of carboxylic acids is 1. The summed E-state index contributed by atoms with van der Waals surface area (Å²) in [5.41, 5.74) is 0.637. The number of fused-ring (bicyclic) bond motifs is 3. The molecule has 1 amide bonds. The van der Waals surface area contributed by atoms with E-state index >= 15 is 0 Å². The molecule has 1 N–H and O–H groups in total. The lowest BCUT2D eigenvalue weighted by molar-refractivity contribution is -0.147. The molecule has 1 saturated heterocycles. The number of carboxylic acid groups (broad SMARTS) is 1. The molecular formula is C33H34Cl2N2O5S. The molecule has 3 aliphatic rings. The van der Waals surface area contributed by atoms with Crippen molar-refractivity contribution in [3.8, 4) is 5.19 Å². The molecule has 2 aromatic carbocycles. The first-order valence-electron chi connectivity index (χ1n) is 14.9. The molecule has 0 spiro atoms. The van der Waals surface area contributed by atoms with Crippen molar-refractivity contribution in [2.24, 2.45) is 17.3 Å². The van der Waals surface area contributed by atoms with E-state index in [1.807, 2.05) is 36.4 Å². The second-order valence-electron chi connectivity index (χ2n) is 12.1. The first-order chi connectivity index (χ1) is 20.7. The highest BCUT2D eigenvalue weighted by Crippen LogP contribution is 2.57. The van der Waals surface area contributed by atoms with Crippen molar-refractivity contribution < 1.29 is 24.2 Å². The Kier molecular flexibility index (Phi) is 8.81. The molecule has 2 aliphatic heterocycles. The van der Waals surface area contributed by atoms with Crippen LogP contribution in [0.2, 0.25) is 10.0 Å². The average Bonchev–Trinajstić information content (AvgIpc) is 3.30. The highest BCUT2D eigenvalue weighted by molar-refractivity contribution is 7.20. The Morgan fingerprint density at radius 2 is 1.95 bits per heavy atom. The number of allylic oxidation sites excluding steroid dienone is 2. The van der Waals surface area contributed by atoms with E-state index in [1.54, 1.807) is 17.0 Å². The predicted molar refractivity (Wildman–Crippen MR) is 168 cm³/mol. The SMILES string of the molecule is O=C1C[C@]2(C(=O)O)C[C@@H]2/C=C\CCCCC[C@H](Cc2ccc(Cl)c(Cl)c2)C(=O)N2C[C@H](Oc3nc4ccccc4s3)C[C@@H]12. The van der Waals surface area contributed by atoms with Gasteiger partial charge in [0.25, 0.3) is 5.19 Å². The standard InChI is InChI=1S/C33H34Cl2N2O5S/c34-24-13-12-20(15-25(24)35)14-21-8-4-2-1-3-5-9-22-17-33(22,31(40)41)18-28(38)27-16-23(19-37(27)30(21)39)42-32-36-26-10-6-7-11-29(26)43-32/h5-7,9-13,15,21-23,27H,1-4,8,14,16-19H2,(H,40,41)/b9-5-/t21-,22+,23-,27+,33-/m1/s1. The summed E-state index contributed by atoms with van der Waals surface area (Å²) in [4.78, 5) is 46.9. The minimum Gasteiger partial charge on any atom is -0.481 e. The van der Waals surface area contributed by atoms with Gasteiger partial charge in [-0.05, 0) is 67.9 Å². The number of Topliss-reactive ketones (excluding diaryl/α,β-unsaturated/α-hetero) is 1. The molecule has 1 saturated carbocycles. The Morgan fingerprint density at radius 3 is 2.74 bits per heavy atom. The molecule has 3 aromatic rings. The number of aliphatic carboxylic acids is 1. The number of carbonyl (C=O) groups is 3. The third-order valence-electron chi connectivity index (χ3n) is 9.12. The minimum atomic E-state index is -1.10. The molecule has 6 rings (SSSR count). The number of halogens is 2. The Bertz CT molecular complexity index is 1540. The molecule has 7 nitrogen and oxygen atoms in total. The van der Waals surface area contributed by atoms with Crippen LogP contribution in [0.25, 0.3) is 10.2 Å². The molecule has 5 atom stereocenters. The van der Waals surface area contributed by atoms with E-state index in [0.717, 1.165) is 41.5 Å². The second-order valence-corrected chi connectivity index (χ2v) is 13.9. The average molecular weight is 642 g/mol. The summed E-state index contributed by atoms with van der Waals surface area (Å²) < 4.78 is 7.29. The Hall–Kier alpha value is -2.94. The van der Waals surface area contributed by atoms with Crippen molar-refractivity contribution in [3.05, 3.63) is 70.2 Å². The quantitative estimate of drug-likeness (QED) is 0.292. The van der Waals surface area contributed by atoms with Gasteiger partial charge in [0.05, 0.1) is 38.3 Å². The third kappa shape index (κ3) is 6.47. The fourth-order valence-electron chi connectivity index (χ4n) is 6.60. The largest absolute Gasteiger partial charge is 0.481 e. The fraction of sp³-hybridized carbons (Fsp3) is 0.455. The van der Waals surface area contributed by atoms with Crippen LogP contribution in [0, 0.1) is 17.3 Å². The van der Waals surface area contributed by atoms with Gasteiger partial charge in [-0.15, -0.1) is 0 Å². The van der Waals surface area contributed by atoms with Crippen LogP contribution < -0.4 is 4.74 Å². The fourth-order valence-corrected chi connectivity index (χ4v) is 7.81. The van der Waals surface area contributed by atoms with Crippen LogP contribution in [0.1, 0.15) is 56.9 Å². The van der Waals surface area contributed by atoms with Crippen molar-refractivity contribution in [1.82, 2.24) is 9.88 Å². The highest BCUT2D eigenvalue weighted by Gasteiger charge is 2.61. The number of ether oxygens (including phenoxy) is 1. The third-order valence-corrected chi connectivity index (χ3v) is 10.8. The van der Waals surface area contributed by atoms with Crippen LogP contribution in [-0.2, 0) is 20.8 Å². The Labute approximate surface area is 264 Å². The normalized spacial score (nSPS) is 28.9. The molecule has 0 bridgehead atoms. The number of hydrogen-bond donors (Lipinski definition) is 1. The van der Waals surface area contributed by atoms with Crippen LogP contribution in [0.4, 0.5) is 0 Å². The number of benzene rings is 2. The number of thiazole rings is 1. The van der Waals surface area contributed by atoms with Gasteiger partial charge in [-0.25, -0.2) is 4.98 Å². The lowest BCUT2D eigenvalue weighted by atomic mass is 9.90. The Balaban J connectivity index is 1.29. The maximum atomic E-state index is 14.3. The second kappa shape index (κ2) is 12.6. The monoisotopic (exact) mass is 640 g/mol. The zero-order valence-electron chi connectivity index (χ0n) is 23.7. The summed E-state index contributed by atoms with van der Waals surface area (Å²) in [6.45, 7) is 0.243. The molecule has 43 heavy (non-hydrogen) atoms. The van der Waals surface area contributed by atoms with Crippen LogP contribution in [0.3, 0.4) is 0 Å². The molecule has 2 fully saturated rings. The van der Waals surface area contributed by atoms with Crippen LogP contribution in [0.5, 0.6) is 5.19 Å². The van der Waals surface area contributed by atoms with E-state index in [0.29, 0.717) is 40.9 Å². The van der Waals surface area contributed by atoms with Crippen LogP contribution in [0.15, 0.2) is 54.6 Å². The maximum absolute atomic E-state index is 14.3. The number of ketones is 1. The van der Waals surface area contributed by atoms with Gasteiger partial charge < -0.3 is 14.7 Å². The van der Waals surface area contributed by atoms with E-state index < -0.39 is 23.5 Å². The van der Waals surface area contributed by atoms with Crippen molar-refractivity contribution in [2.75, 3.05) is 6.54 Å². The summed E-state index contributed by atoms with van der Waals surface area (Å²) in [6, 6.07) is 12.4. The lowest BCUT2D eigenvalue weighted by Crippen LogP contribution is -2.45. The van der Waals surface area contributed by atoms with E-state index in [9.17, 15) is 19.5 Å². The predicted octanol–water partition coefficient (Wildman–Crippen LogP) is 7.38. The zero-order chi connectivity index (χ0) is 30.1. The van der Waals surface area contributed by atoms with E-state index in [4.69, 9.17) is 27.9 Å². The van der Waals surface area contributed by atoms with Crippen LogP contribution >= 0.6 is 34.5 Å². The number of hydrogen-bond acceptors (Lipinski definition) is 6. The molecule has 1 aliphatic carbocycles. The molecule has 1 aromatic heterocycles. The molecule has 0 unspecified atom stereocenters. The summed E-state index contributed by atoms with van der Waals surface area (Å²) in [7, 11) is 0. The number of aromatic nitrogens is 1. The summed E-state index contributed by atoms with van der Waals surface area (Å²) >= 11 is 13.9. The summed E-state index contributed by atoms with van der Waals surface area (Å²) in [5, 5.41) is 11.5. The first kappa shape index (κ1) is 30.1. The van der Waals surface area contributed by atoms with Crippen molar-refractivity contribution >= 4 is 62.4 Å². The molecule has 10 heteroatoms. The number of amides is 1. The first-order valence-corrected chi connectivity index (χ1v) is 16.5. The van der Waals surface area contributed by atoms with E-state index in [2.05, 4.69) is 11.1 Å². The number of rotatable bonds is 5. The topological polar surface area (TPSA) is 96.8 Å². The van der Waals surface area contributed by atoms with Gasteiger partial charge in [-0.3, -0.25) is 14.4 Å². The van der Waals surface area contributed by atoms with Gasteiger partial charge in [-0.2, -0.15) is 0 Å². The molecule has 226 valence electrons. The van der Waals surface area contributed by atoms with Crippen LogP contribution in [-0.4, -0.2) is 51.3 Å². The van der Waals surface area contributed by atoms with Crippen molar-refractivity contribution in [3.63, 3.8) is 0 Å². The van der Waals surface area contributed by atoms with Crippen molar-refractivity contribution in [2.45, 2.75) is 69.9 Å². The maximum Gasteiger partial charge on any atom is 0.310 e. The summed E-state index contributed by atoms with van der Waals surface area (Å²) in [6.07, 6.45) is 9.02. The van der Waals surface area contributed by atoms with E-state index in [1.165, 1.54) is 11.3 Å². The van der Waals surface area contributed by atoms with Crippen molar-refractivity contribution in [1.29, 1.82) is 0 Å². The van der Waals surface area contributed by atoms with Gasteiger partial charge in [0.2, 0.25) is 5.91 Å². The highest BCUT2D eigenvalue weighted by atomic mass is 35.5. The van der Waals surface area contributed by atoms with Gasteiger partial charge in [-0.1, -0.05) is 77.7 Å². The lowest BCUT2D eigenvalue weighted by Gasteiger charge is -2.29. The summed E-state index contributed by atoms with van der Waals surface area (Å²) in [5.74, 6) is -1.80. The zero-order valence-corrected chi connectivity index (χ0v) is 26.0. The van der Waals surface area contributed by atoms with Gasteiger partial charge in [0.1, 0.15) is 6.10 Å². The molecular weight excluding hydrogens is 607 g/mol. The minimum absolute atomic E-state index is 0.100. The smallest absolute Gasteiger partial charge is 0.310 e. The number of para-hydroxylation sites is 1. The Morgan fingerprint density at radius 1 is 1.12 bits per heavy atom. The van der Waals surface area contributed by atoms with Gasteiger partial charge in [0, 0.05) is 18.8 Å². The van der Waals surface area contributed by atoms with E-state index in [-0.39, 0.29) is 36.5 Å². The van der Waals surface area contributed by atoms with Gasteiger partial charge in [0.15, 0.2) is 5.78 Å². The number of carbonyl (C=O) groups excluding carboxylic acids is 2. The number of nitrogens with zero attached hydrogens (tertiary/aromatic N) is 2.